The molecule has 11 heteroatoms. The largest absolute Gasteiger partial charge is 0.444 e. The SMILES string of the molecule is CC(C)(C)OC(=O)N[C@@H]1CCC(Nc2ncc(Cl)c(-c3cn(S(=O)(=O)c4ccccc4)c4ccccc34)n2)C1. The fourth-order valence-electron chi connectivity index (χ4n) is 4.77. The molecule has 1 saturated carbocycles. The summed E-state index contributed by atoms with van der Waals surface area (Å²) in [6, 6.07) is 15.5. The topological polar surface area (TPSA) is 115 Å². The van der Waals surface area contributed by atoms with Gasteiger partial charge in [0.15, 0.2) is 0 Å². The van der Waals surface area contributed by atoms with E-state index in [2.05, 4.69) is 20.6 Å². The Bertz CT molecular complexity index is 1620. The zero-order valence-electron chi connectivity index (χ0n) is 21.9. The number of halogens is 1. The molecule has 4 aromatic rings. The molecular weight excluding hydrogens is 538 g/mol. The number of carbonyl (C=O) groups is 1. The number of aromatic nitrogens is 3. The average Bonchev–Trinajstić information content (AvgIpc) is 3.49. The maximum Gasteiger partial charge on any atom is 0.407 e. The van der Waals surface area contributed by atoms with Crippen molar-refractivity contribution >= 4 is 44.6 Å². The van der Waals surface area contributed by atoms with Crippen molar-refractivity contribution in [3.05, 3.63) is 72.0 Å². The Morgan fingerprint density at radius 3 is 2.49 bits per heavy atom. The van der Waals surface area contributed by atoms with Crippen LogP contribution in [0, 0.1) is 0 Å². The quantitative estimate of drug-likeness (QED) is 0.300. The van der Waals surface area contributed by atoms with Gasteiger partial charge in [-0.15, -0.1) is 0 Å². The molecule has 1 aliphatic rings. The number of carbonyl (C=O) groups excluding carboxylic acids is 1. The van der Waals surface area contributed by atoms with E-state index in [1.165, 1.54) is 10.2 Å². The Hall–Kier alpha value is -3.63. The summed E-state index contributed by atoms with van der Waals surface area (Å²) in [5.74, 6) is 0.375. The second-order valence-corrected chi connectivity index (χ2v) is 12.8. The van der Waals surface area contributed by atoms with Gasteiger partial charge in [-0.2, -0.15) is 0 Å². The molecule has 1 fully saturated rings. The Morgan fingerprint density at radius 2 is 1.74 bits per heavy atom. The van der Waals surface area contributed by atoms with Crippen LogP contribution in [0.4, 0.5) is 10.7 Å². The Labute approximate surface area is 232 Å². The molecule has 39 heavy (non-hydrogen) atoms. The van der Waals surface area contributed by atoms with Crippen molar-refractivity contribution in [1.82, 2.24) is 19.3 Å². The van der Waals surface area contributed by atoms with Crippen LogP contribution in [0.15, 0.2) is 71.9 Å². The molecule has 0 radical (unpaired) electrons. The van der Waals surface area contributed by atoms with Crippen molar-refractivity contribution in [2.75, 3.05) is 5.32 Å². The molecule has 1 unspecified atom stereocenters. The van der Waals surface area contributed by atoms with Crippen molar-refractivity contribution in [1.29, 1.82) is 0 Å². The first-order valence-corrected chi connectivity index (χ1v) is 14.5. The maximum atomic E-state index is 13.5. The van der Waals surface area contributed by atoms with E-state index < -0.39 is 21.7 Å². The van der Waals surface area contributed by atoms with E-state index in [1.54, 1.807) is 48.7 Å². The predicted molar refractivity (Wildman–Crippen MR) is 151 cm³/mol. The lowest BCUT2D eigenvalue weighted by atomic mass is 10.1. The van der Waals surface area contributed by atoms with Crippen molar-refractivity contribution in [3.8, 4) is 11.3 Å². The number of benzene rings is 2. The van der Waals surface area contributed by atoms with Crippen LogP contribution in [0.1, 0.15) is 40.0 Å². The van der Waals surface area contributed by atoms with E-state index in [0.29, 0.717) is 39.6 Å². The number of para-hydroxylation sites is 1. The number of hydrogen-bond donors (Lipinski definition) is 2. The lowest BCUT2D eigenvalue weighted by Gasteiger charge is -2.21. The van der Waals surface area contributed by atoms with Crippen LogP contribution in [0.5, 0.6) is 0 Å². The number of amides is 1. The third kappa shape index (κ3) is 5.86. The molecule has 1 amide bonds. The standard InChI is InChI=1S/C28H30ClN5O4S/c1-28(2,3)38-27(35)32-19-14-13-18(15-19)31-26-30-16-23(29)25(33-26)22-17-34(24-12-8-7-11-21(22)24)39(36,37)20-9-5-4-6-10-20/h4-12,16-19H,13-15H2,1-3H3,(H,32,35)(H,30,31,33)/t18?,19-/m1/s1. The summed E-state index contributed by atoms with van der Waals surface area (Å²) >= 11 is 6.55. The summed E-state index contributed by atoms with van der Waals surface area (Å²) in [6.07, 6.45) is 4.94. The van der Waals surface area contributed by atoms with Crippen molar-refractivity contribution < 1.29 is 17.9 Å². The lowest BCUT2D eigenvalue weighted by molar-refractivity contribution is 0.0505. The summed E-state index contributed by atoms with van der Waals surface area (Å²) in [5, 5.41) is 7.27. The molecular formula is C28H30ClN5O4S. The van der Waals surface area contributed by atoms with Crippen LogP contribution in [0.2, 0.25) is 5.02 Å². The average molecular weight is 568 g/mol. The number of nitrogens with zero attached hydrogens (tertiary/aromatic N) is 3. The summed E-state index contributed by atoms with van der Waals surface area (Å²) in [5.41, 5.74) is 0.967. The van der Waals surface area contributed by atoms with Crippen molar-refractivity contribution in [3.63, 3.8) is 0 Å². The normalized spacial score (nSPS) is 17.7. The molecule has 2 aromatic heterocycles. The van der Waals surface area contributed by atoms with E-state index in [9.17, 15) is 13.2 Å². The summed E-state index contributed by atoms with van der Waals surface area (Å²) in [4.78, 5) is 21.4. The molecule has 0 saturated heterocycles. The second-order valence-electron chi connectivity index (χ2n) is 10.6. The fourth-order valence-corrected chi connectivity index (χ4v) is 6.35. The van der Waals surface area contributed by atoms with Gasteiger partial charge in [0.05, 0.1) is 27.3 Å². The predicted octanol–water partition coefficient (Wildman–Crippen LogP) is 5.85. The first kappa shape index (κ1) is 27.0. The molecule has 9 nitrogen and oxygen atoms in total. The summed E-state index contributed by atoms with van der Waals surface area (Å²) in [6.45, 7) is 5.49. The number of nitrogens with one attached hydrogen (secondary N) is 2. The first-order valence-electron chi connectivity index (χ1n) is 12.7. The van der Waals surface area contributed by atoms with Crippen LogP contribution in [0.3, 0.4) is 0 Å². The molecule has 2 heterocycles. The van der Waals surface area contributed by atoms with Gasteiger partial charge >= 0.3 is 6.09 Å². The molecule has 2 N–H and O–H groups in total. The van der Waals surface area contributed by atoms with Crippen LogP contribution in [-0.2, 0) is 14.8 Å². The zero-order valence-corrected chi connectivity index (χ0v) is 23.5. The Morgan fingerprint density at radius 1 is 1.05 bits per heavy atom. The monoisotopic (exact) mass is 567 g/mol. The fraction of sp³-hybridized carbons (Fsp3) is 0.321. The molecule has 2 atom stereocenters. The number of hydrogen-bond acceptors (Lipinski definition) is 7. The molecule has 5 rings (SSSR count). The highest BCUT2D eigenvalue weighted by atomic mass is 35.5. The van der Waals surface area contributed by atoms with Crippen LogP contribution < -0.4 is 10.6 Å². The number of alkyl carbamates (subject to hydrolysis) is 1. The van der Waals surface area contributed by atoms with Gasteiger partial charge in [-0.25, -0.2) is 27.2 Å². The molecule has 1 aliphatic carbocycles. The third-order valence-electron chi connectivity index (χ3n) is 6.46. The van der Waals surface area contributed by atoms with Crippen LogP contribution in [0.25, 0.3) is 22.2 Å². The second kappa shape index (κ2) is 10.5. The van der Waals surface area contributed by atoms with E-state index in [0.717, 1.165) is 12.8 Å². The lowest BCUT2D eigenvalue weighted by Crippen LogP contribution is -2.38. The molecule has 2 aromatic carbocycles. The van der Waals surface area contributed by atoms with Crippen LogP contribution >= 0.6 is 11.6 Å². The smallest absolute Gasteiger partial charge is 0.407 e. The van der Waals surface area contributed by atoms with Crippen molar-refractivity contribution in [2.45, 2.75) is 62.6 Å². The summed E-state index contributed by atoms with van der Waals surface area (Å²) < 4.78 is 33.6. The Balaban J connectivity index is 1.41. The van der Waals surface area contributed by atoms with Gasteiger partial charge in [-0.1, -0.05) is 48.0 Å². The van der Waals surface area contributed by atoms with Crippen LogP contribution in [-0.4, -0.2) is 46.1 Å². The zero-order chi connectivity index (χ0) is 27.8. The van der Waals surface area contributed by atoms with Gasteiger partial charge in [0, 0.05) is 29.2 Å². The number of rotatable bonds is 6. The molecule has 0 aliphatic heterocycles. The molecule has 0 spiro atoms. The van der Waals surface area contributed by atoms with Gasteiger partial charge in [0.1, 0.15) is 5.60 Å². The number of ether oxygens (including phenoxy) is 1. The highest BCUT2D eigenvalue weighted by Crippen LogP contribution is 2.36. The van der Waals surface area contributed by atoms with Gasteiger partial charge in [-0.3, -0.25) is 0 Å². The van der Waals surface area contributed by atoms with Gasteiger partial charge < -0.3 is 15.4 Å². The van der Waals surface area contributed by atoms with E-state index >= 15 is 0 Å². The van der Waals surface area contributed by atoms with Gasteiger partial charge in [0.25, 0.3) is 10.0 Å². The van der Waals surface area contributed by atoms with Gasteiger partial charge in [0.2, 0.25) is 5.95 Å². The Kier molecular flexibility index (Phi) is 7.26. The van der Waals surface area contributed by atoms with E-state index in [1.807, 2.05) is 32.9 Å². The van der Waals surface area contributed by atoms with E-state index in [4.69, 9.17) is 16.3 Å². The van der Waals surface area contributed by atoms with Gasteiger partial charge in [-0.05, 0) is 58.2 Å². The highest BCUT2D eigenvalue weighted by Gasteiger charge is 2.29. The maximum absolute atomic E-state index is 13.5. The minimum Gasteiger partial charge on any atom is -0.444 e. The molecule has 204 valence electrons. The summed E-state index contributed by atoms with van der Waals surface area (Å²) in [7, 11) is -3.85. The molecule has 0 bridgehead atoms. The minimum atomic E-state index is -3.85. The third-order valence-corrected chi connectivity index (χ3v) is 8.43. The number of anilines is 1. The van der Waals surface area contributed by atoms with E-state index in [-0.39, 0.29) is 17.0 Å². The highest BCUT2D eigenvalue weighted by molar-refractivity contribution is 7.90. The first-order chi connectivity index (χ1) is 18.5. The van der Waals surface area contributed by atoms with Crippen molar-refractivity contribution in [2.24, 2.45) is 0 Å². The number of fused-ring (bicyclic) bond motifs is 1. The minimum absolute atomic E-state index is 0.0229.